The van der Waals surface area contributed by atoms with E-state index in [1.165, 1.54) is 17.4 Å². The molecule has 3 aromatic rings. The Hall–Kier alpha value is -3.10. The molecule has 34 heavy (non-hydrogen) atoms. The third-order valence-electron chi connectivity index (χ3n) is 4.64. The third-order valence-corrected chi connectivity index (χ3v) is 6.06. The molecule has 0 spiro atoms. The molecule has 1 aromatic heterocycles. The van der Waals surface area contributed by atoms with Crippen LogP contribution in [0.4, 0.5) is 5.00 Å². The van der Waals surface area contributed by atoms with Crippen LogP contribution in [0.15, 0.2) is 58.4 Å². The van der Waals surface area contributed by atoms with E-state index in [0.29, 0.717) is 27.6 Å². The Kier molecular flexibility index (Phi) is 8.90. The molecule has 178 valence electrons. The van der Waals surface area contributed by atoms with Gasteiger partial charge >= 0.3 is 5.97 Å². The zero-order valence-corrected chi connectivity index (χ0v) is 21.8. The molecule has 1 N–H and O–H groups in total. The maximum Gasteiger partial charge on any atom is 0.341 e. The third kappa shape index (κ3) is 6.48. The van der Waals surface area contributed by atoms with Crippen LogP contribution in [0.5, 0.6) is 11.5 Å². The van der Waals surface area contributed by atoms with E-state index in [2.05, 4.69) is 21.2 Å². The first-order chi connectivity index (χ1) is 16.3. The number of benzene rings is 2. The molecule has 0 aliphatic carbocycles. The molecule has 0 unspecified atom stereocenters. The fourth-order valence-corrected chi connectivity index (χ4v) is 4.39. The van der Waals surface area contributed by atoms with Crippen molar-refractivity contribution in [3.05, 3.63) is 69.5 Å². The van der Waals surface area contributed by atoms with Crippen molar-refractivity contribution >= 4 is 50.2 Å². The van der Waals surface area contributed by atoms with Crippen molar-refractivity contribution in [2.75, 3.05) is 19.0 Å². The van der Waals surface area contributed by atoms with E-state index < -0.39 is 5.97 Å². The maximum atomic E-state index is 12.7. The molecule has 6 nitrogen and oxygen atoms in total. The Bertz CT molecular complexity index is 1180. The molecule has 1 amide bonds. The summed E-state index contributed by atoms with van der Waals surface area (Å²) in [5.41, 5.74) is 2.68. The number of nitrogens with one attached hydrogen (secondary N) is 1. The summed E-state index contributed by atoms with van der Waals surface area (Å²) in [6, 6.07) is 13.0. The molecule has 0 atom stereocenters. The number of ether oxygens (including phenoxy) is 3. The first kappa shape index (κ1) is 25.5. The molecule has 0 aliphatic rings. The van der Waals surface area contributed by atoms with Gasteiger partial charge in [0.2, 0.25) is 5.91 Å². The Balaban J connectivity index is 1.82. The summed E-state index contributed by atoms with van der Waals surface area (Å²) < 4.78 is 17.3. The normalized spacial score (nSPS) is 11.0. The van der Waals surface area contributed by atoms with Gasteiger partial charge in [-0.2, -0.15) is 0 Å². The summed E-state index contributed by atoms with van der Waals surface area (Å²) in [5, 5.41) is 5.09. The van der Waals surface area contributed by atoms with Gasteiger partial charge in [0.1, 0.15) is 10.6 Å². The summed E-state index contributed by atoms with van der Waals surface area (Å²) in [7, 11) is 1.57. The number of thiophene rings is 1. The lowest BCUT2D eigenvalue weighted by atomic mass is 10.0. The van der Waals surface area contributed by atoms with Crippen molar-refractivity contribution in [3.63, 3.8) is 0 Å². The lowest BCUT2D eigenvalue weighted by Crippen LogP contribution is -2.12. The fraction of sp³-hybridized carbons (Fsp3) is 0.231. The number of hydrogen-bond donors (Lipinski definition) is 1. The van der Waals surface area contributed by atoms with Crippen molar-refractivity contribution < 1.29 is 23.8 Å². The number of halogens is 1. The van der Waals surface area contributed by atoms with Crippen LogP contribution in [0.3, 0.4) is 0 Å². The first-order valence-electron chi connectivity index (χ1n) is 10.7. The molecular formula is C26H26BrNO5S. The van der Waals surface area contributed by atoms with Crippen LogP contribution >= 0.6 is 27.3 Å². The van der Waals surface area contributed by atoms with Gasteiger partial charge in [0.15, 0.2) is 11.5 Å². The number of anilines is 1. The van der Waals surface area contributed by atoms with Crippen LogP contribution in [-0.2, 0) is 9.53 Å². The summed E-state index contributed by atoms with van der Waals surface area (Å²) in [4.78, 5) is 25.4. The zero-order valence-electron chi connectivity index (χ0n) is 19.4. The standard InChI is InChI=1S/C26H26BrNO5S/c1-5-32-26(30)24-20(18-8-10-19(27)11-9-18)15-34-25(24)28-23(29)13-7-17-6-12-21(33-16(2)3)22(14-17)31-4/h6-16H,5H2,1-4H3,(H,28,29)/b13-7+. The van der Waals surface area contributed by atoms with Crippen LogP contribution in [0, 0.1) is 0 Å². The Morgan fingerprint density at radius 1 is 1.12 bits per heavy atom. The summed E-state index contributed by atoms with van der Waals surface area (Å²) in [6.07, 6.45) is 3.10. The van der Waals surface area contributed by atoms with Gasteiger partial charge in [-0.25, -0.2) is 4.79 Å². The minimum absolute atomic E-state index is 0.0164. The predicted octanol–water partition coefficient (Wildman–Crippen LogP) is 6.80. The highest BCUT2D eigenvalue weighted by atomic mass is 79.9. The lowest BCUT2D eigenvalue weighted by Gasteiger charge is -2.13. The van der Waals surface area contributed by atoms with Crippen molar-refractivity contribution in [2.24, 2.45) is 0 Å². The van der Waals surface area contributed by atoms with Crippen LogP contribution in [-0.4, -0.2) is 31.7 Å². The quantitative estimate of drug-likeness (QED) is 0.237. The van der Waals surface area contributed by atoms with Crippen molar-refractivity contribution in [1.29, 1.82) is 0 Å². The van der Waals surface area contributed by atoms with Crippen molar-refractivity contribution in [3.8, 4) is 22.6 Å². The second-order valence-electron chi connectivity index (χ2n) is 7.48. The predicted molar refractivity (Wildman–Crippen MR) is 140 cm³/mol. The Morgan fingerprint density at radius 3 is 2.50 bits per heavy atom. The molecule has 0 aliphatic heterocycles. The first-order valence-corrected chi connectivity index (χ1v) is 12.4. The zero-order chi connectivity index (χ0) is 24.7. The van der Waals surface area contributed by atoms with E-state index in [-0.39, 0.29) is 18.6 Å². The minimum atomic E-state index is -0.480. The molecular weight excluding hydrogens is 518 g/mol. The molecule has 8 heteroatoms. The second-order valence-corrected chi connectivity index (χ2v) is 9.28. The van der Waals surface area contributed by atoms with Gasteiger partial charge in [0.05, 0.1) is 19.8 Å². The van der Waals surface area contributed by atoms with Crippen LogP contribution < -0.4 is 14.8 Å². The average molecular weight is 544 g/mol. The van der Waals surface area contributed by atoms with Crippen LogP contribution in [0.25, 0.3) is 17.2 Å². The van der Waals surface area contributed by atoms with Crippen LogP contribution in [0.1, 0.15) is 36.7 Å². The Morgan fingerprint density at radius 2 is 1.85 bits per heavy atom. The van der Waals surface area contributed by atoms with E-state index in [0.717, 1.165) is 15.6 Å². The SMILES string of the molecule is CCOC(=O)c1c(-c2ccc(Br)cc2)csc1NC(=O)/C=C/c1ccc(OC(C)C)c(OC)c1. The van der Waals surface area contributed by atoms with E-state index in [1.807, 2.05) is 49.6 Å². The summed E-state index contributed by atoms with van der Waals surface area (Å²) >= 11 is 4.70. The van der Waals surface area contributed by atoms with Gasteiger partial charge in [-0.05, 0) is 62.2 Å². The van der Waals surface area contributed by atoms with E-state index in [4.69, 9.17) is 14.2 Å². The van der Waals surface area contributed by atoms with Gasteiger partial charge in [-0.15, -0.1) is 11.3 Å². The highest BCUT2D eigenvalue weighted by Crippen LogP contribution is 2.37. The van der Waals surface area contributed by atoms with Crippen molar-refractivity contribution in [1.82, 2.24) is 0 Å². The summed E-state index contributed by atoms with van der Waals surface area (Å²) in [6.45, 7) is 5.86. The molecule has 0 radical (unpaired) electrons. The number of esters is 1. The number of carbonyl (C=O) groups is 2. The number of methoxy groups -OCH3 is 1. The molecule has 0 saturated heterocycles. The number of amides is 1. The minimum Gasteiger partial charge on any atom is -0.493 e. The van der Waals surface area contributed by atoms with Crippen LogP contribution in [0.2, 0.25) is 0 Å². The number of hydrogen-bond acceptors (Lipinski definition) is 6. The Labute approximate surface area is 211 Å². The van der Waals surface area contributed by atoms with E-state index in [9.17, 15) is 9.59 Å². The smallest absolute Gasteiger partial charge is 0.341 e. The molecule has 2 aromatic carbocycles. The summed E-state index contributed by atoms with van der Waals surface area (Å²) in [5.74, 6) is 0.373. The van der Waals surface area contributed by atoms with Gasteiger partial charge in [0, 0.05) is 21.5 Å². The van der Waals surface area contributed by atoms with Gasteiger partial charge in [-0.3, -0.25) is 4.79 Å². The largest absolute Gasteiger partial charge is 0.493 e. The molecule has 0 fully saturated rings. The number of carbonyl (C=O) groups excluding carboxylic acids is 2. The average Bonchev–Trinajstić information content (AvgIpc) is 3.22. The van der Waals surface area contributed by atoms with E-state index in [1.54, 1.807) is 32.2 Å². The molecule has 0 saturated carbocycles. The molecule has 3 rings (SSSR count). The van der Waals surface area contributed by atoms with Gasteiger partial charge in [-0.1, -0.05) is 34.1 Å². The van der Waals surface area contributed by atoms with Crippen molar-refractivity contribution in [2.45, 2.75) is 26.9 Å². The fourth-order valence-electron chi connectivity index (χ4n) is 3.16. The van der Waals surface area contributed by atoms with Gasteiger partial charge in [0.25, 0.3) is 0 Å². The topological polar surface area (TPSA) is 73.9 Å². The lowest BCUT2D eigenvalue weighted by molar-refractivity contribution is -0.111. The monoisotopic (exact) mass is 543 g/mol. The second kappa shape index (κ2) is 11.9. The number of rotatable bonds is 9. The highest BCUT2D eigenvalue weighted by Gasteiger charge is 2.22. The van der Waals surface area contributed by atoms with E-state index >= 15 is 0 Å². The van der Waals surface area contributed by atoms with Gasteiger partial charge < -0.3 is 19.5 Å². The molecule has 1 heterocycles. The molecule has 0 bridgehead atoms. The highest BCUT2D eigenvalue weighted by molar-refractivity contribution is 9.10. The maximum absolute atomic E-state index is 12.7.